The largest absolute Gasteiger partial charge is 0.497 e. The van der Waals surface area contributed by atoms with Gasteiger partial charge < -0.3 is 14.9 Å². The van der Waals surface area contributed by atoms with Gasteiger partial charge in [0, 0.05) is 12.5 Å². The van der Waals surface area contributed by atoms with E-state index in [9.17, 15) is 5.11 Å². The molecule has 3 nitrogen and oxygen atoms in total. The van der Waals surface area contributed by atoms with E-state index >= 15 is 0 Å². The summed E-state index contributed by atoms with van der Waals surface area (Å²) in [4.78, 5) is 0. The maximum Gasteiger partial charge on any atom is 0.118 e. The first-order valence-corrected chi connectivity index (χ1v) is 4.62. The number of aliphatic hydroxyl groups is 2. The first-order chi connectivity index (χ1) is 6.69. The van der Waals surface area contributed by atoms with Crippen molar-refractivity contribution in [2.24, 2.45) is 5.92 Å². The van der Waals surface area contributed by atoms with Gasteiger partial charge in [-0.15, -0.1) is 0 Å². The molecule has 0 heterocycles. The molecular formula is C11H16O3. The van der Waals surface area contributed by atoms with Crippen LogP contribution in [0.3, 0.4) is 0 Å². The number of rotatable bonds is 4. The van der Waals surface area contributed by atoms with E-state index in [1.54, 1.807) is 38.3 Å². The molecule has 2 atom stereocenters. The smallest absolute Gasteiger partial charge is 0.118 e. The third-order valence-corrected chi connectivity index (χ3v) is 2.28. The van der Waals surface area contributed by atoms with Gasteiger partial charge in [-0.05, 0) is 17.7 Å². The Hall–Kier alpha value is -1.06. The van der Waals surface area contributed by atoms with Crippen molar-refractivity contribution in [2.75, 3.05) is 13.7 Å². The van der Waals surface area contributed by atoms with E-state index in [2.05, 4.69) is 0 Å². The monoisotopic (exact) mass is 196 g/mol. The molecule has 0 saturated carbocycles. The lowest BCUT2D eigenvalue weighted by atomic mass is 9.98. The maximum atomic E-state index is 9.75. The molecule has 0 spiro atoms. The summed E-state index contributed by atoms with van der Waals surface area (Å²) in [5.41, 5.74) is 0.798. The summed E-state index contributed by atoms with van der Waals surface area (Å²) in [6, 6.07) is 7.19. The van der Waals surface area contributed by atoms with Crippen LogP contribution in [0.4, 0.5) is 0 Å². The Kier molecular flexibility index (Phi) is 3.92. The number of hydrogen-bond donors (Lipinski definition) is 2. The quantitative estimate of drug-likeness (QED) is 0.764. The highest BCUT2D eigenvalue weighted by atomic mass is 16.5. The summed E-state index contributed by atoms with van der Waals surface area (Å²) < 4.78 is 5.00. The number of benzene rings is 1. The minimum Gasteiger partial charge on any atom is -0.497 e. The summed E-state index contributed by atoms with van der Waals surface area (Å²) >= 11 is 0. The van der Waals surface area contributed by atoms with E-state index in [1.807, 2.05) is 0 Å². The van der Waals surface area contributed by atoms with Crippen LogP contribution < -0.4 is 4.74 Å². The van der Waals surface area contributed by atoms with Crippen LogP contribution in [0.15, 0.2) is 24.3 Å². The molecule has 0 amide bonds. The Morgan fingerprint density at radius 1 is 1.29 bits per heavy atom. The minimum atomic E-state index is -0.620. The SMILES string of the molecule is COc1ccc(C(O)[C@@H](C)CO)cc1. The minimum absolute atomic E-state index is 0.0206. The zero-order chi connectivity index (χ0) is 10.6. The third-order valence-electron chi connectivity index (χ3n) is 2.28. The van der Waals surface area contributed by atoms with Crippen molar-refractivity contribution in [3.8, 4) is 5.75 Å². The standard InChI is InChI=1S/C11H16O3/c1-8(7-12)11(13)9-3-5-10(14-2)6-4-9/h3-6,8,11-13H,7H2,1-2H3/t8-,11?/m0/s1. The molecule has 0 fully saturated rings. The molecule has 0 aromatic heterocycles. The average Bonchev–Trinajstić information content (AvgIpc) is 2.27. The van der Waals surface area contributed by atoms with Crippen molar-refractivity contribution in [3.05, 3.63) is 29.8 Å². The predicted molar refractivity (Wildman–Crippen MR) is 54.2 cm³/mol. The zero-order valence-electron chi connectivity index (χ0n) is 8.47. The Bertz CT molecular complexity index is 268. The van der Waals surface area contributed by atoms with Crippen LogP contribution in [-0.4, -0.2) is 23.9 Å². The van der Waals surface area contributed by atoms with Crippen LogP contribution in [0.2, 0.25) is 0 Å². The first-order valence-electron chi connectivity index (χ1n) is 4.62. The highest BCUT2D eigenvalue weighted by Gasteiger charge is 2.14. The highest BCUT2D eigenvalue weighted by Crippen LogP contribution is 2.23. The fourth-order valence-electron chi connectivity index (χ4n) is 1.23. The van der Waals surface area contributed by atoms with Gasteiger partial charge in [-0.2, -0.15) is 0 Å². The third kappa shape index (κ3) is 2.47. The van der Waals surface area contributed by atoms with Crippen molar-refractivity contribution in [1.29, 1.82) is 0 Å². The van der Waals surface area contributed by atoms with Gasteiger partial charge in [0.1, 0.15) is 5.75 Å². The van der Waals surface area contributed by atoms with Crippen LogP contribution >= 0.6 is 0 Å². The molecule has 1 aromatic carbocycles. The Morgan fingerprint density at radius 2 is 1.86 bits per heavy atom. The lowest BCUT2D eigenvalue weighted by molar-refractivity contribution is 0.0770. The van der Waals surface area contributed by atoms with E-state index < -0.39 is 6.10 Å². The molecule has 3 heteroatoms. The van der Waals surface area contributed by atoms with Crippen LogP contribution in [-0.2, 0) is 0 Å². The zero-order valence-corrected chi connectivity index (χ0v) is 8.47. The molecule has 1 unspecified atom stereocenters. The molecule has 0 bridgehead atoms. The second-order valence-corrected chi connectivity index (χ2v) is 3.38. The van der Waals surface area contributed by atoms with Gasteiger partial charge in [0.2, 0.25) is 0 Å². The van der Waals surface area contributed by atoms with Crippen molar-refractivity contribution >= 4 is 0 Å². The molecule has 0 aliphatic rings. The van der Waals surface area contributed by atoms with Crippen LogP contribution in [0.25, 0.3) is 0 Å². The fourth-order valence-corrected chi connectivity index (χ4v) is 1.23. The Balaban J connectivity index is 2.75. The van der Waals surface area contributed by atoms with Gasteiger partial charge in [0.25, 0.3) is 0 Å². The van der Waals surface area contributed by atoms with Crippen molar-refractivity contribution in [1.82, 2.24) is 0 Å². The molecular weight excluding hydrogens is 180 g/mol. The van der Waals surface area contributed by atoms with Crippen molar-refractivity contribution < 1.29 is 14.9 Å². The Labute approximate surface area is 84.0 Å². The molecule has 0 aliphatic heterocycles. The summed E-state index contributed by atoms with van der Waals surface area (Å²) in [5, 5.41) is 18.6. The van der Waals surface area contributed by atoms with E-state index in [0.29, 0.717) is 0 Å². The van der Waals surface area contributed by atoms with Gasteiger partial charge in [-0.25, -0.2) is 0 Å². The molecule has 1 aromatic rings. The molecule has 0 radical (unpaired) electrons. The predicted octanol–water partition coefficient (Wildman–Crippen LogP) is 1.36. The highest BCUT2D eigenvalue weighted by molar-refractivity contribution is 5.28. The van der Waals surface area contributed by atoms with E-state index in [1.165, 1.54) is 0 Å². The summed E-state index contributed by atoms with van der Waals surface area (Å²) in [6.07, 6.45) is -0.620. The number of methoxy groups -OCH3 is 1. The maximum absolute atomic E-state index is 9.75. The lowest BCUT2D eigenvalue weighted by Crippen LogP contribution is -2.12. The fraction of sp³-hybridized carbons (Fsp3) is 0.455. The molecule has 2 N–H and O–H groups in total. The molecule has 78 valence electrons. The van der Waals surface area contributed by atoms with Crippen LogP contribution in [0.1, 0.15) is 18.6 Å². The van der Waals surface area contributed by atoms with Crippen molar-refractivity contribution in [3.63, 3.8) is 0 Å². The van der Waals surface area contributed by atoms with Crippen molar-refractivity contribution in [2.45, 2.75) is 13.0 Å². The van der Waals surface area contributed by atoms with Gasteiger partial charge in [-0.1, -0.05) is 19.1 Å². The number of aliphatic hydroxyl groups excluding tert-OH is 2. The summed E-state index contributed by atoms with van der Waals surface area (Å²) in [7, 11) is 1.60. The molecule has 0 aliphatic carbocycles. The topological polar surface area (TPSA) is 49.7 Å². The molecule has 1 rings (SSSR count). The van der Waals surface area contributed by atoms with Crippen LogP contribution in [0, 0.1) is 5.92 Å². The van der Waals surface area contributed by atoms with Gasteiger partial charge >= 0.3 is 0 Å². The van der Waals surface area contributed by atoms with Gasteiger partial charge in [0.15, 0.2) is 0 Å². The normalized spacial score (nSPS) is 14.9. The van der Waals surface area contributed by atoms with E-state index in [0.717, 1.165) is 11.3 Å². The second kappa shape index (κ2) is 4.98. The molecule has 0 saturated heterocycles. The van der Waals surface area contributed by atoms with E-state index in [4.69, 9.17) is 9.84 Å². The number of hydrogen-bond acceptors (Lipinski definition) is 3. The van der Waals surface area contributed by atoms with E-state index in [-0.39, 0.29) is 12.5 Å². The number of ether oxygens (including phenoxy) is 1. The summed E-state index contributed by atoms with van der Waals surface area (Å²) in [6.45, 7) is 1.78. The van der Waals surface area contributed by atoms with Crippen LogP contribution in [0.5, 0.6) is 5.75 Å². The average molecular weight is 196 g/mol. The Morgan fingerprint density at radius 3 is 2.29 bits per heavy atom. The lowest BCUT2D eigenvalue weighted by Gasteiger charge is -2.16. The second-order valence-electron chi connectivity index (χ2n) is 3.38. The summed E-state index contributed by atoms with van der Waals surface area (Å²) in [5.74, 6) is 0.612. The van der Waals surface area contributed by atoms with Gasteiger partial charge in [0.05, 0.1) is 13.2 Å². The van der Waals surface area contributed by atoms with Gasteiger partial charge in [-0.3, -0.25) is 0 Å². The first kappa shape index (κ1) is 11.0. The molecule has 14 heavy (non-hydrogen) atoms.